The Morgan fingerprint density at radius 3 is 2.56 bits per heavy atom. The first kappa shape index (κ1) is 17.0. The van der Waals surface area contributed by atoms with Gasteiger partial charge in [-0.15, -0.1) is 0 Å². The molecule has 2 heterocycles. The van der Waals surface area contributed by atoms with Crippen LogP contribution in [-0.4, -0.2) is 34.3 Å². The van der Waals surface area contributed by atoms with E-state index < -0.39 is 0 Å². The van der Waals surface area contributed by atoms with Crippen molar-refractivity contribution in [2.24, 2.45) is 0 Å². The van der Waals surface area contributed by atoms with Gasteiger partial charge in [-0.1, -0.05) is 26.0 Å². The molecule has 2 aromatic heterocycles. The maximum Gasteiger partial charge on any atom is 0.223 e. The molecular weight excluding hydrogens is 312 g/mol. The maximum absolute atomic E-state index is 4.63. The molecule has 2 N–H and O–H groups in total. The lowest BCUT2D eigenvalue weighted by molar-refractivity contribution is 0.811. The van der Waals surface area contributed by atoms with E-state index in [4.69, 9.17) is 0 Å². The molecule has 0 saturated heterocycles. The summed E-state index contributed by atoms with van der Waals surface area (Å²) in [5.41, 5.74) is 5.28. The predicted octanol–water partition coefficient (Wildman–Crippen LogP) is 3.67. The summed E-state index contributed by atoms with van der Waals surface area (Å²) in [6.45, 7) is 4.93. The number of aromatic amines is 1. The molecule has 3 rings (SSSR count). The fourth-order valence-electron chi connectivity index (χ4n) is 2.63. The average molecular weight is 336 g/mol. The lowest BCUT2D eigenvalue weighted by Gasteiger charge is -2.13. The summed E-state index contributed by atoms with van der Waals surface area (Å²) in [7, 11) is 4.07. The van der Waals surface area contributed by atoms with E-state index in [2.05, 4.69) is 68.5 Å². The van der Waals surface area contributed by atoms with Gasteiger partial charge in [-0.2, -0.15) is 5.10 Å². The number of rotatable bonds is 6. The quantitative estimate of drug-likeness (QED) is 0.719. The molecule has 130 valence electrons. The van der Waals surface area contributed by atoms with Crippen molar-refractivity contribution in [3.63, 3.8) is 0 Å². The van der Waals surface area contributed by atoms with Crippen molar-refractivity contribution in [2.45, 2.75) is 26.3 Å². The molecule has 1 aromatic carbocycles. The summed E-state index contributed by atoms with van der Waals surface area (Å²) in [5.74, 6) is 0.952. The van der Waals surface area contributed by atoms with Crippen LogP contribution < -0.4 is 10.2 Å². The molecule has 0 atom stereocenters. The topological polar surface area (TPSA) is 69.7 Å². The molecule has 6 nitrogen and oxygen atoms in total. The highest BCUT2D eigenvalue weighted by atomic mass is 15.1. The van der Waals surface area contributed by atoms with Gasteiger partial charge < -0.3 is 10.2 Å². The highest BCUT2D eigenvalue weighted by Crippen LogP contribution is 2.26. The van der Waals surface area contributed by atoms with Crippen molar-refractivity contribution >= 4 is 11.6 Å². The van der Waals surface area contributed by atoms with Crippen LogP contribution in [0.2, 0.25) is 0 Å². The van der Waals surface area contributed by atoms with Crippen LogP contribution in [0.15, 0.2) is 42.7 Å². The zero-order valence-electron chi connectivity index (χ0n) is 15.1. The second kappa shape index (κ2) is 7.34. The van der Waals surface area contributed by atoms with E-state index in [-0.39, 0.29) is 0 Å². The van der Waals surface area contributed by atoms with Crippen molar-refractivity contribution in [3.05, 3.63) is 54.0 Å². The van der Waals surface area contributed by atoms with Gasteiger partial charge in [0.25, 0.3) is 0 Å². The zero-order valence-corrected chi connectivity index (χ0v) is 15.1. The molecule has 3 aromatic rings. The fourth-order valence-corrected chi connectivity index (χ4v) is 2.63. The summed E-state index contributed by atoms with van der Waals surface area (Å²) < 4.78 is 0. The largest absolute Gasteiger partial charge is 0.378 e. The van der Waals surface area contributed by atoms with E-state index in [1.165, 1.54) is 11.3 Å². The van der Waals surface area contributed by atoms with E-state index >= 15 is 0 Å². The number of aromatic nitrogens is 4. The summed E-state index contributed by atoms with van der Waals surface area (Å²) >= 11 is 0. The second-order valence-corrected chi connectivity index (χ2v) is 6.52. The van der Waals surface area contributed by atoms with E-state index in [0.717, 1.165) is 17.0 Å². The van der Waals surface area contributed by atoms with Gasteiger partial charge >= 0.3 is 0 Å². The van der Waals surface area contributed by atoms with Crippen LogP contribution >= 0.6 is 0 Å². The SMILES string of the molecule is CC(C)c1n[nH]cc1-c1ccnc(NCc2ccc(N(C)C)cc2)n1. The lowest BCUT2D eigenvalue weighted by Crippen LogP contribution is -2.09. The first-order chi connectivity index (χ1) is 12.0. The van der Waals surface area contributed by atoms with E-state index in [9.17, 15) is 0 Å². The predicted molar refractivity (Wildman–Crippen MR) is 102 cm³/mol. The third-order valence-corrected chi connectivity index (χ3v) is 4.05. The molecule has 0 radical (unpaired) electrons. The third-order valence-electron chi connectivity index (χ3n) is 4.05. The Kier molecular flexibility index (Phi) is 4.97. The van der Waals surface area contributed by atoms with Crippen LogP contribution in [0.1, 0.15) is 31.0 Å². The Labute approximate surface area is 148 Å². The van der Waals surface area contributed by atoms with Crippen LogP contribution in [0.25, 0.3) is 11.3 Å². The number of hydrogen-bond donors (Lipinski definition) is 2. The van der Waals surface area contributed by atoms with E-state index in [0.29, 0.717) is 18.4 Å². The van der Waals surface area contributed by atoms with Gasteiger partial charge in [-0.3, -0.25) is 5.10 Å². The van der Waals surface area contributed by atoms with Crippen molar-refractivity contribution in [1.82, 2.24) is 20.2 Å². The number of anilines is 2. The molecule has 0 fully saturated rings. The molecule has 0 aliphatic carbocycles. The van der Waals surface area contributed by atoms with Crippen LogP contribution in [-0.2, 0) is 6.54 Å². The standard InChI is InChI=1S/C19H24N6/c1-13(2)18-16(12-22-24-18)17-9-10-20-19(23-17)21-11-14-5-7-15(8-6-14)25(3)4/h5-10,12-13H,11H2,1-4H3,(H,22,24)(H,20,21,23). The molecule has 0 spiro atoms. The molecule has 0 saturated carbocycles. The van der Waals surface area contributed by atoms with Gasteiger partial charge in [0.1, 0.15) is 0 Å². The Morgan fingerprint density at radius 1 is 1.12 bits per heavy atom. The van der Waals surface area contributed by atoms with Crippen molar-refractivity contribution in [2.75, 3.05) is 24.3 Å². The Balaban J connectivity index is 1.72. The Bertz CT molecular complexity index is 820. The van der Waals surface area contributed by atoms with Gasteiger partial charge in [0.15, 0.2) is 0 Å². The lowest BCUT2D eigenvalue weighted by atomic mass is 10.0. The summed E-state index contributed by atoms with van der Waals surface area (Å²) in [6.07, 6.45) is 3.67. The number of H-pyrrole nitrogens is 1. The zero-order chi connectivity index (χ0) is 17.8. The minimum atomic E-state index is 0.336. The van der Waals surface area contributed by atoms with Crippen LogP contribution in [0.4, 0.5) is 11.6 Å². The molecular formula is C19H24N6. The van der Waals surface area contributed by atoms with Crippen LogP contribution in [0.3, 0.4) is 0 Å². The number of benzene rings is 1. The summed E-state index contributed by atoms with van der Waals surface area (Å²) in [5, 5.41) is 10.6. The molecule has 0 bridgehead atoms. The van der Waals surface area contributed by atoms with Gasteiger partial charge in [-0.05, 0) is 29.7 Å². The Morgan fingerprint density at radius 2 is 1.88 bits per heavy atom. The van der Waals surface area contributed by atoms with Crippen LogP contribution in [0.5, 0.6) is 0 Å². The van der Waals surface area contributed by atoms with Crippen LogP contribution in [0, 0.1) is 0 Å². The van der Waals surface area contributed by atoms with Gasteiger partial charge in [0, 0.05) is 44.3 Å². The summed E-state index contributed by atoms with van der Waals surface area (Å²) in [4.78, 5) is 11.0. The minimum absolute atomic E-state index is 0.336. The number of nitrogens with zero attached hydrogens (tertiary/aromatic N) is 4. The van der Waals surface area contributed by atoms with Crippen molar-refractivity contribution in [1.29, 1.82) is 0 Å². The fraction of sp³-hybridized carbons (Fsp3) is 0.316. The smallest absolute Gasteiger partial charge is 0.223 e. The Hall–Kier alpha value is -2.89. The number of nitrogens with one attached hydrogen (secondary N) is 2. The highest BCUT2D eigenvalue weighted by Gasteiger charge is 2.13. The van der Waals surface area contributed by atoms with E-state index in [1.54, 1.807) is 6.20 Å². The van der Waals surface area contributed by atoms with Gasteiger partial charge in [-0.25, -0.2) is 9.97 Å². The third kappa shape index (κ3) is 3.96. The first-order valence-corrected chi connectivity index (χ1v) is 8.42. The monoisotopic (exact) mass is 336 g/mol. The molecule has 0 unspecified atom stereocenters. The highest BCUT2D eigenvalue weighted by molar-refractivity contribution is 5.62. The summed E-state index contributed by atoms with van der Waals surface area (Å²) in [6, 6.07) is 10.3. The van der Waals surface area contributed by atoms with Crippen molar-refractivity contribution in [3.8, 4) is 11.3 Å². The second-order valence-electron chi connectivity index (χ2n) is 6.52. The van der Waals surface area contributed by atoms with Crippen molar-refractivity contribution < 1.29 is 0 Å². The van der Waals surface area contributed by atoms with Gasteiger partial charge in [0.2, 0.25) is 5.95 Å². The maximum atomic E-state index is 4.63. The molecule has 0 aliphatic heterocycles. The molecule has 25 heavy (non-hydrogen) atoms. The molecule has 0 aliphatic rings. The minimum Gasteiger partial charge on any atom is -0.378 e. The normalized spacial score (nSPS) is 10.9. The first-order valence-electron chi connectivity index (χ1n) is 8.42. The van der Waals surface area contributed by atoms with E-state index in [1.807, 2.05) is 26.4 Å². The molecule has 0 amide bonds. The van der Waals surface area contributed by atoms with Gasteiger partial charge in [0.05, 0.1) is 11.4 Å². The number of hydrogen-bond acceptors (Lipinski definition) is 5. The molecule has 6 heteroatoms. The average Bonchev–Trinajstić information content (AvgIpc) is 3.11.